The van der Waals surface area contributed by atoms with E-state index in [0.29, 0.717) is 27.7 Å². The van der Waals surface area contributed by atoms with E-state index in [1.165, 1.54) is 11.8 Å². The lowest BCUT2D eigenvalue weighted by atomic mass is 10.3. The van der Waals surface area contributed by atoms with Crippen LogP contribution in [0.15, 0.2) is 52.4 Å². The zero-order valence-corrected chi connectivity index (χ0v) is 11.8. The van der Waals surface area contributed by atoms with Gasteiger partial charge in [-0.25, -0.2) is 4.98 Å². The summed E-state index contributed by atoms with van der Waals surface area (Å²) in [5, 5.41) is 8.94. The quantitative estimate of drug-likeness (QED) is 0.543. The topological polar surface area (TPSA) is 64.7 Å². The summed E-state index contributed by atoms with van der Waals surface area (Å²) in [5.74, 6) is 1.11. The fourth-order valence-corrected chi connectivity index (χ4v) is 2.31. The minimum absolute atomic E-state index is 0.419. The first-order valence-corrected chi connectivity index (χ1v) is 7.16. The van der Waals surface area contributed by atoms with Crippen molar-refractivity contribution >= 4 is 23.4 Å². The van der Waals surface area contributed by atoms with Crippen LogP contribution in [-0.4, -0.2) is 20.2 Å². The minimum atomic E-state index is 0.419. The number of aromatic nitrogens is 4. The van der Waals surface area contributed by atoms with E-state index in [1.54, 1.807) is 18.5 Å². The molecule has 0 spiro atoms. The van der Waals surface area contributed by atoms with Crippen LogP contribution in [0.1, 0.15) is 5.56 Å². The zero-order valence-electron chi connectivity index (χ0n) is 10.2. The molecule has 100 valence electrons. The predicted octanol–water partition coefficient (Wildman–Crippen LogP) is 3.47. The molecule has 0 aliphatic rings. The van der Waals surface area contributed by atoms with Crippen LogP contribution in [0.4, 0.5) is 0 Å². The summed E-state index contributed by atoms with van der Waals surface area (Å²) >= 11 is 7.18. The molecule has 0 amide bonds. The van der Waals surface area contributed by atoms with Crippen molar-refractivity contribution in [1.29, 1.82) is 0 Å². The van der Waals surface area contributed by atoms with Crippen molar-refractivity contribution in [1.82, 2.24) is 20.2 Å². The molecule has 0 aromatic carbocycles. The predicted molar refractivity (Wildman–Crippen MR) is 76.3 cm³/mol. The molecule has 0 saturated heterocycles. The van der Waals surface area contributed by atoms with Crippen molar-refractivity contribution in [2.24, 2.45) is 0 Å². The molecule has 0 aliphatic carbocycles. The molecule has 3 aromatic rings. The van der Waals surface area contributed by atoms with Crippen LogP contribution in [0.5, 0.6) is 0 Å². The van der Waals surface area contributed by atoms with Crippen LogP contribution in [-0.2, 0) is 5.75 Å². The smallest absolute Gasteiger partial charge is 0.277 e. The van der Waals surface area contributed by atoms with E-state index in [9.17, 15) is 0 Å². The molecular weight excluding hydrogens is 296 g/mol. The fraction of sp³-hybridized carbons (Fsp3) is 0.0769. The Hall–Kier alpha value is -1.92. The lowest BCUT2D eigenvalue weighted by Crippen LogP contribution is -1.83. The monoisotopic (exact) mass is 304 g/mol. The second-order valence-corrected chi connectivity index (χ2v) is 5.18. The molecule has 0 bridgehead atoms. The van der Waals surface area contributed by atoms with Gasteiger partial charge in [-0.1, -0.05) is 35.5 Å². The maximum absolute atomic E-state index is 5.73. The first-order chi connectivity index (χ1) is 9.81. The third-order valence-electron chi connectivity index (χ3n) is 2.44. The summed E-state index contributed by atoms with van der Waals surface area (Å²) in [6, 6.07) is 9.20. The molecule has 0 saturated carbocycles. The fourth-order valence-electron chi connectivity index (χ4n) is 1.50. The van der Waals surface area contributed by atoms with Crippen LogP contribution in [0.25, 0.3) is 11.6 Å². The highest BCUT2D eigenvalue weighted by Crippen LogP contribution is 2.24. The lowest BCUT2D eigenvalue weighted by molar-refractivity contribution is 0.464. The number of hydrogen-bond donors (Lipinski definition) is 0. The van der Waals surface area contributed by atoms with E-state index < -0.39 is 0 Å². The normalized spacial score (nSPS) is 10.7. The van der Waals surface area contributed by atoms with Crippen LogP contribution in [0.3, 0.4) is 0 Å². The van der Waals surface area contributed by atoms with Crippen molar-refractivity contribution in [2.45, 2.75) is 11.0 Å². The summed E-state index contributed by atoms with van der Waals surface area (Å²) < 4.78 is 5.55. The van der Waals surface area contributed by atoms with Crippen molar-refractivity contribution in [3.63, 3.8) is 0 Å². The van der Waals surface area contributed by atoms with Crippen LogP contribution in [0, 0.1) is 0 Å². The second-order valence-electron chi connectivity index (χ2n) is 3.87. The van der Waals surface area contributed by atoms with Crippen molar-refractivity contribution in [3.05, 3.63) is 53.4 Å². The molecule has 3 heterocycles. The molecule has 3 aromatic heterocycles. The molecular formula is C13H9ClN4OS. The third-order valence-corrected chi connectivity index (χ3v) is 3.55. The average molecular weight is 305 g/mol. The van der Waals surface area contributed by atoms with Crippen molar-refractivity contribution < 1.29 is 4.42 Å². The van der Waals surface area contributed by atoms with E-state index in [4.69, 9.17) is 16.0 Å². The highest BCUT2D eigenvalue weighted by Gasteiger charge is 2.09. The van der Waals surface area contributed by atoms with E-state index in [0.717, 1.165) is 5.56 Å². The second kappa shape index (κ2) is 6.02. The van der Waals surface area contributed by atoms with Gasteiger partial charge in [0.25, 0.3) is 11.1 Å². The molecule has 0 unspecified atom stereocenters. The van der Waals surface area contributed by atoms with Gasteiger partial charge in [-0.15, -0.1) is 10.2 Å². The molecule has 0 fully saturated rings. The van der Waals surface area contributed by atoms with Gasteiger partial charge in [-0.3, -0.25) is 4.98 Å². The Kier molecular flexibility index (Phi) is 3.94. The van der Waals surface area contributed by atoms with Gasteiger partial charge in [-0.05, 0) is 23.8 Å². The van der Waals surface area contributed by atoms with Gasteiger partial charge < -0.3 is 4.42 Å². The summed E-state index contributed by atoms with van der Waals surface area (Å²) in [5.41, 5.74) is 1.71. The lowest BCUT2D eigenvalue weighted by Gasteiger charge is -1.97. The average Bonchev–Trinajstić information content (AvgIpc) is 2.97. The Balaban J connectivity index is 1.67. The Bertz CT molecular complexity index is 687. The Morgan fingerprint density at radius 3 is 2.80 bits per heavy atom. The van der Waals surface area contributed by atoms with Gasteiger partial charge in [0.1, 0.15) is 10.8 Å². The standard InChI is InChI=1S/C13H9ClN4OS/c14-11-5-4-9(7-16-11)8-20-13-18-17-12(19-13)10-3-1-2-6-15-10/h1-7H,8H2. The van der Waals surface area contributed by atoms with E-state index >= 15 is 0 Å². The van der Waals surface area contributed by atoms with Crippen LogP contribution >= 0.6 is 23.4 Å². The molecule has 0 aliphatic heterocycles. The number of nitrogens with zero attached hydrogens (tertiary/aromatic N) is 4. The molecule has 7 heteroatoms. The highest BCUT2D eigenvalue weighted by atomic mass is 35.5. The number of hydrogen-bond acceptors (Lipinski definition) is 6. The summed E-state index contributed by atoms with van der Waals surface area (Å²) in [4.78, 5) is 8.18. The first-order valence-electron chi connectivity index (χ1n) is 5.79. The van der Waals surface area contributed by atoms with Crippen LogP contribution in [0.2, 0.25) is 5.15 Å². The van der Waals surface area contributed by atoms with Gasteiger partial charge in [0, 0.05) is 18.1 Å². The molecule has 0 radical (unpaired) electrons. The summed E-state index contributed by atoms with van der Waals surface area (Å²) in [6.07, 6.45) is 3.41. The maximum Gasteiger partial charge on any atom is 0.277 e. The minimum Gasteiger partial charge on any atom is -0.410 e. The Morgan fingerprint density at radius 2 is 2.05 bits per heavy atom. The summed E-state index contributed by atoms with van der Waals surface area (Å²) in [6.45, 7) is 0. The third kappa shape index (κ3) is 3.15. The number of thioether (sulfide) groups is 1. The van der Waals surface area contributed by atoms with Crippen molar-refractivity contribution in [3.8, 4) is 11.6 Å². The molecule has 0 atom stereocenters. The maximum atomic E-state index is 5.73. The zero-order chi connectivity index (χ0) is 13.8. The SMILES string of the molecule is Clc1ccc(CSc2nnc(-c3ccccn3)o2)cn1. The highest BCUT2D eigenvalue weighted by molar-refractivity contribution is 7.98. The first kappa shape index (κ1) is 13.1. The summed E-state index contributed by atoms with van der Waals surface area (Å²) in [7, 11) is 0. The number of rotatable bonds is 4. The van der Waals surface area contributed by atoms with Crippen molar-refractivity contribution in [2.75, 3.05) is 0 Å². The largest absolute Gasteiger partial charge is 0.410 e. The Morgan fingerprint density at radius 1 is 1.10 bits per heavy atom. The van der Waals surface area contributed by atoms with Crippen LogP contribution < -0.4 is 0 Å². The number of halogens is 1. The number of pyridine rings is 2. The molecule has 5 nitrogen and oxygen atoms in total. The van der Waals surface area contributed by atoms with E-state index in [1.807, 2.05) is 24.3 Å². The van der Waals surface area contributed by atoms with E-state index in [2.05, 4.69) is 20.2 Å². The molecule has 20 heavy (non-hydrogen) atoms. The van der Waals surface area contributed by atoms with Gasteiger partial charge in [0.05, 0.1) is 0 Å². The Labute approximate surface area is 124 Å². The molecule has 3 rings (SSSR count). The van der Waals surface area contributed by atoms with Gasteiger partial charge in [0.15, 0.2) is 0 Å². The van der Waals surface area contributed by atoms with E-state index in [-0.39, 0.29) is 0 Å². The molecule has 0 N–H and O–H groups in total. The van der Waals surface area contributed by atoms with Gasteiger partial charge in [0.2, 0.25) is 0 Å². The van der Waals surface area contributed by atoms with Gasteiger partial charge in [-0.2, -0.15) is 0 Å². The van der Waals surface area contributed by atoms with Gasteiger partial charge >= 0.3 is 0 Å².